The van der Waals surface area contributed by atoms with Crippen LogP contribution >= 0.6 is 23.4 Å². The van der Waals surface area contributed by atoms with Gasteiger partial charge in [-0.15, -0.1) is 11.8 Å². The number of hydrogen-bond acceptors (Lipinski definition) is 4. The average molecular weight is 433 g/mol. The van der Waals surface area contributed by atoms with Crippen molar-refractivity contribution in [2.75, 3.05) is 26.2 Å². The van der Waals surface area contributed by atoms with Crippen LogP contribution in [0.5, 0.6) is 5.75 Å². The minimum absolute atomic E-state index is 0.239. The Balaban J connectivity index is 1.16. The zero-order valence-corrected chi connectivity index (χ0v) is 17.8. The predicted molar refractivity (Wildman–Crippen MR) is 119 cm³/mol. The molecule has 29 heavy (non-hydrogen) atoms. The molecule has 154 valence electrons. The third-order valence-corrected chi connectivity index (χ3v) is 6.31. The van der Waals surface area contributed by atoms with Crippen LogP contribution in [-0.4, -0.2) is 42.4 Å². The lowest BCUT2D eigenvalue weighted by atomic mass is 10.1. The van der Waals surface area contributed by atoms with E-state index in [0.29, 0.717) is 12.6 Å². The Morgan fingerprint density at radius 3 is 2.76 bits per heavy atom. The number of benzene rings is 2. The van der Waals surface area contributed by atoms with Gasteiger partial charge in [-0.25, -0.2) is 4.39 Å². The highest BCUT2D eigenvalue weighted by atomic mass is 35.5. The fourth-order valence-corrected chi connectivity index (χ4v) is 4.66. The fourth-order valence-electron chi connectivity index (χ4n) is 3.56. The highest BCUT2D eigenvalue weighted by Gasteiger charge is 2.17. The molecule has 0 radical (unpaired) electrons. The van der Waals surface area contributed by atoms with Gasteiger partial charge in [0.2, 0.25) is 0 Å². The van der Waals surface area contributed by atoms with Crippen molar-refractivity contribution in [3.8, 4) is 5.75 Å². The summed E-state index contributed by atoms with van der Waals surface area (Å²) < 4.78 is 18.6. The van der Waals surface area contributed by atoms with E-state index in [1.807, 2.05) is 18.2 Å². The molecular weight excluding hydrogens is 409 g/mol. The molecule has 0 atom stereocenters. The summed E-state index contributed by atoms with van der Waals surface area (Å²) in [5.74, 6) is 1.36. The van der Waals surface area contributed by atoms with Crippen LogP contribution in [0.25, 0.3) is 5.32 Å². The first-order chi connectivity index (χ1) is 14.2. The van der Waals surface area contributed by atoms with Gasteiger partial charge >= 0.3 is 0 Å². The van der Waals surface area contributed by atoms with Crippen LogP contribution in [0.15, 0.2) is 47.5 Å². The molecule has 0 amide bonds. The maximum Gasteiger partial charge on any atom is 0.123 e. The van der Waals surface area contributed by atoms with Crippen LogP contribution in [0.4, 0.5) is 10.1 Å². The first-order valence-electron chi connectivity index (χ1n) is 9.97. The number of aliphatic imine (C=N–C) groups is 1. The van der Waals surface area contributed by atoms with Gasteiger partial charge in [-0.05, 0) is 91.2 Å². The molecule has 0 saturated carbocycles. The highest BCUT2D eigenvalue weighted by Crippen LogP contribution is 2.35. The molecule has 4 rings (SSSR count). The Bertz CT molecular complexity index is 854. The molecule has 0 bridgehead atoms. The van der Waals surface area contributed by atoms with Gasteiger partial charge in [-0.2, -0.15) is 0 Å². The Hall–Kier alpha value is -1.76. The maximum absolute atomic E-state index is 12.9. The second-order valence-electron chi connectivity index (χ2n) is 7.31. The van der Waals surface area contributed by atoms with Crippen molar-refractivity contribution in [3.05, 3.63) is 64.2 Å². The molecule has 0 N–H and O–H groups in total. The number of ether oxygens (including phenoxy) is 1. The number of piperidine rings is 1. The first-order valence-corrected chi connectivity index (χ1v) is 11.3. The van der Waals surface area contributed by atoms with Gasteiger partial charge in [-0.3, -0.25) is 0 Å². The molecular formula is C22H24ClFN3OS-. The molecule has 1 saturated heterocycles. The van der Waals surface area contributed by atoms with Crippen LogP contribution < -0.4 is 4.74 Å². The summed E-state index contributed by atoms with van der Waals surface area (Å²) >= 11 is 7.75. The molecule has 0 spiro atoms. The maximum atomic E-state index is 12.9. The normalized spacial score (nSPS) is 17.5. The van der Waals surface area contributed by atoms with Crippen molar-refractivity contribution in [1.82, 2.24) is 4.90 Å². The van der Waals surface area contributed by atoms with E-state index in [2.05, 4.69) is 4.90 Å². The molecule has 1 fully saturated rings. The summed E-state index contributed by atoms with van der Waals surface area (Å²) in [7, 11) is 0. The Labute approximate surface area is 180 Å². The van der Waals surface area contributed by atoms with Crippen molar-refractivity contribution in [1.29, 1.82) is 0 Å². The van der Waals surface area contributed by atoms with E-state index in [4.69, 9.17) is 26.6 Å². The molecule has 4 nitrogen and oxygen atoms in total. The van der Waals surface area contributed by atoms with Crippen LogP contribution in [0.1, 0.15) is 24.8 Å². The third kappa shape index (κ3) is 5.87. The standard InChI is InChI=1S/C22H24ClFN3OS/c23-17-2-7-21-16(14-17)15-29-22(26-21)25-19-8-11-27(12-9-19)10-1-13-28-20-5-3-18(24)4-6-20/h2-7,14,19H,1,8-13,15H2/q-1. The minimum atomic E-state index is -0.239. The van der Waals surface area contributed by atoms with Crippen LogP contribution in [0, 0.1) is 5.82 Å². The Morgan fingerprint density at radius 1 is 1.17 bits per heavy atom. The zero-order chi connectivity index (χ0) is 20.1. The second-order valence-corrected chi connectivity index (χ2v) is 8.69. The Kier molecular flexibility index (Phi) is 6.95. The minimum Gasteiger partial charge on any atom is -0.494 e. The third-order valence-electron chi connectivity index (χ3n) is 5.17. The molecule has 2 aromatic rings. The van der Waals surface area contributed by atoms with Crippen LogP contribution in [0.3, 0.4) is 0 Å². The lowest BCUT2D eigenvalue weighted by Crippen LogP contribution is -2.37. The van der Waals surface area contributed by atoms with E-state index in [9.17, 15) is 4.39 Å². The van der Waals surface area contributed by atoms with Crippen molar-refractivity contribution >= 4 is 34.2 Å². The Morgan fingerprint density at radius 2 is 1.97 bits per heavy atom. The van der Waals surface area contributed by atoms with Crippen LogP contribution in [0.2, 0.25) is 5.02 Å². The number of halogens is 2. The lowest BCUT2D eigenvalue weighted by molar-refractivity contribution is 0.200. The van der Waals surface area contributed by atoms with Crippen LogP contribution in [-0.2, 0) is 5.75 Å². The van der Waals surface area contributed by atoms with Gasteiger partial charge in [0, 0.05) is 17.3 Å². The van der Waals surface area contributed by atoms with E-state index in [0.717, 1.165) is 66.3 Å². The molecule has 0 aliphatic carbocycles. The summed E-state index contributed by atoms with van der Waals surface area (Å²) in [5, 5.41) is 6.55. The summed E-state index contributed by atoms with van der Waals surface area (Å²) in [6.07, 6.45) is 3.08. The summed E-state index contributed by atoms with van der Waals surface area (Å²) in [5.41, 5.74) is 2.17. The van der Waals surface area contributed by atoms with Gasteiger partial charge in [-0.1, -0.05) is 17.7 Å². The zero-order valence-electron chi connectivity index (χ0n) is 16.2. The molecule has 0 unspecified atom stereocenters. The number of fused-ring (bicyclic) bond motifs is 1. The average Bonchev–Trinajstić information content (AvgIpc) is 2.74. The largest absolute Gasteiger partial charge is 0.494 e. The van der Waals surface area contributed by atoms with E-state index >= 15 is 0 Å². The van der Waals surface area contributed by atoms with Crippen molar-refractivity contribution in [3.63, 3.8) is 0 Å². The van der Waals surface area contributed by atoms with Gasteiger partial charge < -0.3 is 19.9 Å². The van der Waals surface area contributed by atoms with E-state index in [-0.39, 0.29) is 5.82 Å². The van der Waals surface area contributed by atoms with E-state index in [1.165, 1.54) is 17.7 Å². The molecule has 7 heteroatoms. The molecule has 0 aromatic heterocycles. The molecule has 2 aromatic carbocycles. The molecule has 2 heterocycles. The number of thioether (sulfide) groups is 1. The summed E-state index contributed by atoms with van der Waals surface area (Å²) in [6.45, 7) is 3.76. The summed E-state index contributed by atoms with van der Waals surface area (Å²) in [6, 6.07) is 12.4. The molecule has 2 aliphatic rings. The monoisotopic (exact) mass is 432 g/mol. The summed E-state index contributed by atoms with van der Waals surface area (Å²) in [4.78, 5) is 7.16. The number of likely N-dealkylation sites (tertiary alicyclic amines) is 1. The van der Waals surface area contributed by atoms with E-state index in [1.54, 1.807) is 23.9 Å². The number of nitrogens with zero attached hydrogens (tertiary/aromatic N) is 3. The van der Waals surface area contributed by atoms with Gasteiger partial charge in [0.25, 0.3) is 0 Å². The highest BCUT2D eigenvalue weighted by molar-refractivity contribution is 8.13. The molecule has 2 aliphatic heterocycles. The van der Waals surface area contributed by atoms with Gasteiger partial charge in [0.15, 0.2) is 0 Å². The number of amidine groups is 1. The van der Waals surface area contributed by atoms with Gasteiger partial charge in [0.1, 0.15) is 11.6 Å². The first kappa shape index (κ1) is 20.5. The fraction of sp³-hybridized carbons (Fsp3) is 0.409. The second kappa shape index (κ2) is 9.83. The SMILES string of the molecule is Fc1ccc(OCCCN2CCC([N-]C3=Nc4ccc(Cl)cc4CS3)CC2)cc1. The van der Waals surface area contributed by atoms with E-state index < -0.39 is 0 Å². The quantitative estimate of drug-likeness (QED) is 0.524. The smallest absolute Gasteiger partial charge is 0.123 e. The lowest BCUT2D eigenvalue weighted by Gasteiger charge is -2.37. The van der Waals surface area contributed by atoms with Crippen molar-refractivity contribution in [2.24, 2.45) is 4.99 Å². The van der Waals surface area contributed by atoms with Crippen molar-refractivity contribution < 1.29 is 9.13 Å². The number of rotatable bonds is 6. The van der Waals surface area contributed by atoms with Gasteiger partial charge in [0.05, 0.1) is 6.61 Å². The predicted octanol–water partition coefficient (Wildman–Crippen LogP) is 6.02. The topological polar surface area (TPSA) is 38.9 Å². The number of hydrogen-bond donors (Lipinski definition) is 0. The van der Waals surface area contributed by atoms with Crippen molar-refractivity contribution in [2.45, 2.75) is 31.1 Å².